The SMILES string of the molecule is COCc1ccc(C=NC2=C(C(=O)OC)CCCC2)o1. The zero-order chi connectivity index (χ0) is 14.4. The average molecular weight is 277 g/mol. The van der Waals surface area contributed by atoms with Crippen molar-refractivity contribution in [2.45, 2.75) is 32.3 Å². The first-order chi connectivity index (χ1) is 9.74. The molecule has 0 aromatic carbocycles. The van der Waals surface area contributed by atoms with E-state index in [-0.39, 0.29) is 5.97 Å². The molecule has 0 unspecified atom stereocenters. The van der Waals surface area contributed by atoms with E-state index < -0.39 is 0 Å². The van der Waals surface area contributed by atoms with Crippen LogP contribution in [0.25, 0.3) is 0 Å². The third-order valence-corrected chi connectivity index (χ3v) is 3.19. The van der Waals surface area contributed by atoms with Gasteiger partial charge in [-0.05, 0) is 37.8 Å². The van der Waals surface area contributed by atoms with Gasteiger partial charge < -0.3 is 13.9 Å². The quantitative estimate of drug-likeness (QED) is 0.613. The van der Waals surface area contributed by atoms with E-state index in [0.29, 0.717) is 17.9 Å². The molecule has 108 valence electrons. The minimum atomic E-state index is -0.281. The van der Waals surface area contributed by atoms with Crippen molar-refractivity contribution in [1.29, 1.82) is 0 Å². The number of allylic oxidation sites excluding steroid dienone is 1. The number of furan rings is 1. The van der Waals surface area contributed by atoms with E-state index in [4.69, 9.17) is 13.9 Å². The Hall–Kier alpha value is -1.88. The van der Waals surface area contributed by atoms with Gasteiger partial charge in [0.2, 0.25) is 0 Å². The number of esters is 1. The summed E-state index contributed by atoms with van der Waals surface area (Å²) in [5.74, 6) is 1.12. The average Bonchev–Trinajstić information content (AvgIpc) is 2.93. The summed E-state index contributed by atoms with van der Waals surface area (Å²) in [6, 6.07) is 3.68. The number of aliphatic imine (C=N–C) groups is 1. The van der Waals surface area contributed by atoms with E-state index >= 15 is 0 Å². The molecule has 0 spiro atoms. The topological polar surface area (TPSA) is 61.0 Å². The van der Waals surface area contributed by atoms with Gasteiger partial charge in [0.05, 0.1) is 24.6 Å². The molecule has 1 aromatic rings. The smallest absolute Gasteiger partial charge is 0.335 e. The fraction of sp³-hybridized carbons (Fsp3) is 0.467. The van der Waals surface area contributed by atoms with Crippen molar-refractivity contribution in [2.75, 3.05) is 14.2 Å². The standard InChI is InChI=1S/C15H19NO4/c1-18-10-12-8-7-11(20-12)9-16-14-6-4-3-5-13(14)15(17)19-2/h7-9H,3-6,10H2,1-2H3. The molecule has 20 heavy (non-hydrogen) atoms. The Bertz CT molecular complexity index is 528. The summed E-state index contributed by atoms with van der Waals surface area (Å²) in [7, 11) is 3.01. The Morgan fingerprint density at radius 2 is 2.15 bits per heavy atom. The highest BCUT2D eigenvalue weighted by Crippen LogP contribution is 2.26. The molecule has 5 nitrogen and oxygen atoms in total. The van der Waals surface area contributed by atoms with Crippen LogP contribution in [-0.2, 0) is 20.9 Å². The molecular formula is C15H19NO4. The van der Waals surface area contributed by atoms with E-state index in [1.807, 2.05) is 12.1 Å². The van der Waals surface area contributed by atoms with Gasteiger partial charge in [-0.2, -0.15) is 0 Å². The molecule has 0 saturated heterocycles. The van der Waals surface area contributed by atoms with Crippen molar-refractivity contribution in [3.8, 4) is 0 Å². The first kappa shape index (κ1) is 14.5. The largest absolute Gasteiger partial charge is 0.466 e. The second-order valence-electron chi connectivity index (χ2n) is 4.62. The monoisotopic (exact) mass is 277 g/mol. The van der Waals surface area contributed by atoms with Crippen LogP contribution < -0.4 is 0 Å². The van der Waals surface area contributed by atoms with Crippen molar-refractivity contribution < 1.29 is 18.7 Å². The summed E-state index contributed by atoms with van der Waals surface area (Å²) < 4.78 is 15.3. The number of nitrogens with zero attached hydrogens (tertiary/aromatic N) is 1. The molecule has 1 aromatic heterocycles. The van der Waals surface area contributed by atoms with Crippen molar-refractivity contribution in [3.05, 3.63) is 34.9 Å². The summed E-state index contributed by atoms with van der Waals surface area (Å²) in [5, 5.41) is 0. The molecule has 0 fully saturated rings. The maximum Gasteiger partial charge on any atom is 0.335 e. The van der Waals surface area contributed by atoms with Crippen LogP contribution in [0.15, 0.2) is 32.8 Å². The number of rotatable bonds is 5. The number of carbonyl (C=O) groups is 1. The molecule has 0 amide bonds. The van der Waals surface area contributed by atoms with Gasteiger partial charge in [0.15, 0.2) is 0 Å². The molecule has 1 aliphatic rings. The Kier molecular flexibility index (Phi) is 5.12. The summed E-state index contributed by atoms with van der Waals surface area (Å²) in [5.41, 5.74) is 1.48. The van der Waals surface area contributed by atoms with E-state index in [0.717, 1.165) is 37.1 Å². The van der Waals surface area contributed by atoms with Crippen LogP contribution in [0.1, 0.15) is 37.2 Å². The molecule has 0 atom stereocenters. The van der Waals surface area contributed by atoms with Crippen LogP contribution in [0.5, 0.6) is 0 Å². The number of hydrogen-bond donors (Lipinski definition) is 0. The fourth-order valence-corrected chi connectivity index (χ4v) is 2.20. The number of methoxy groups -OCH3 is 2. The second-order valence-corrected chi connectivity index (χ2v) is 4.62. The van der Waals surface area contributed by atoms with E-state index in [1.54, 1.807) is 13.3 Å². The molecule has 1 heterocycles. The molecule has 0 bridgehead atoms. The first-order valence-corrected chi connectivity index (χ1v) is 6.66. The van der Waals surface area contributed by atoms with Crippen LogP contribution in [0.4, 0.5) is 0 Å². The van der Waals surface area contributed by atoms with Crippen molar-refractivity contribution >= 4 is 12.2 Å². The van der Waals surface area contributed by atoms with Crippen molar-refractivity contribution in [2.24, 2.45) is 4.99 Å². The highest BCUT2D eigenvalue weighted by Gasteiger charge is 2.19. The van der Waals surface area contributed by atoms with Gasteiger partial charge in [0.25, 0.3) is 0 Å². The summed E-state index contributed by atoms with van der Waals surface area (Å²) >= 11 is 0. The fourth-order valence-electron chi connectivity index (χ4n) is 2.20. The molecule has 0 radical (unpaired) electrons. The lowest BCUT2D eigenvalue weighted by Gasteiger charge is -2.15. The lowest BCUT2D eigenvalue weighted by Crippen LogP contribution is -2.10. The molecule has 0 saturated carbocycles. The van der Waals surface area contributed by atoms with Crippen molar-refractivity contribution in [1.82, 2.24) is 0 Å². The van der Waals surface area contributed by atoms with Gasteiger partial charge in [0.1, 0.15) is 18.1 Å². The molecule has 0 aliphatic heterocycles. The van der Waals surface area contributed by atoms with Crippen LogP contribution in [0.3, 0.4) is 0 Å². The van der Waals surface area contributed by atoms with E-state index in [9.17, 15) is 4.79 Å². The van der Waals surface area contributed by atoms with Crippen LogP contribution >= 0.6 is 0 Å². The zero-order valence-electron chi connectivity index (χ0n) is 11.8. The number of ether oxygens (including phenoxy) is 2. The van der Waals surface area contributed by atoms with Gasteiger partial charge in [0, 0.05) is 7.11 Å². The predicted octanol–water partition coefficient (Wildman–Crippen LogP) is 2.85. The van der Waals surface area contributed by atoms with Gasteiger partial charge in [-0.3, -0.25) is 4.99 Å². The van der Waals surface area contributed by atoms with E-state index in [2.05, 4.69) is 4.99 Å². The molecular weight excluding hydrogens is 258 g/mol. The number of hydrogen-bond acceptors (Lipinski definition) is 5. The van der Waals surface area contributed by atoms with Gasteiger partial charge in [-0.15, -0.1) is 0 Å². The van der Waals surface area contributed by atoms with Crippen LogP contribution in [-0.4, -0.2) is 26.4 Å². The normalized spacial score (nSPS) is 15.9. The number of carbonyl (C=O) groups excluding carboxylic acids is 1. The molecule has 0 N–H and O–H groups in total. The first-order valence-electron chi connectivity index (χ1n) is 6.66. The Morgan fingerprint density at radius 1 is 1.35 bits per heavy atom. The lowest BCUT2D eigenvalue weighted by molar-refractivity contribution is -0.136. The molecule has 5 heteroatoms. The zero-order valence-corrected chi connectivity index (χ0v) is 11.8. The molecule has 1 aliphatic carbocycles. The van der Waals surface area contributed by atoms with Crippen LogP contribution in [0.2, 0.25) is 0 Å². The van der Waals surface area contributed by atoms with Gasteiger partial charge in [-0.1, -0.05) is 0 Å². The second kappa shape index (κ2) is 7.05. The molecule has 2 rings (SSSR count). The van der Waals surface area contributed by atoms with Gasteiger partial charge >= 0.3 is 5.97 Å². The predicted molar refractivity (Wildman–Crippen MR) is 74.5 cm³/mol. The summed E-state index contributed by atoms with van der Waals surface area (Å²) in [6.07, 6.45) is 5.21. The summed E-state index contributed by atoms with van der Waals surface area (Å²) in [6.45, 7) is 0.434. The Balaban J connectivity index is 2.14. The van der Waals surface area contributed by atoms with Gasteiger partial charge in [-0.25, -0.2) is 4.79 Å². The highest BCUT2D eigenvalue weighted by molar-refractivity contribution is 5.90. The lowest BCUT2D eigenvalue weighted by atomic mass is 9.96. The summed E-state index contributed by atoms with van der Waals surface area (Å²) in [4.78, 5) is 16.1. The third kappa shape index (κ3) is 3.57. The van der Waals surface area contributed by atoms with Crippen molar-refractivity contribution in [3.63, 3.8) is 0 Å². The maximum absolute atomic E-state index is 11.7. The Morgan fingerprint density at radius 3 is 2.90 bits per heavy atom. The minimum Gasteiger partial charge on any atom is -0.466 e. The van der Waals surface area contributed by atoms with Crippen LogP contribution in [0, 0.1) is 0 Å². The minimum absolute atomic E-state index is 0.281. The highest BCUT2D eigenvalue weighted by atomic mass is 16.5. The van der Waals surface area contributed by atoms with E-state index in [1.165, 1.54) is 7.11 Å². The maximum atomic E-state index is 11.7. The third-order valence-electron chi connectivity index (χ3n) is 3.19. The Labute approximate surface area is 118 Å².